The number of carbonyl (C=O) groups is 1. The first kappa shape index (κ1) is 13.3. The van der Waals surface area contributed by atoms with Gasteiger partial charge in [-0.3, -0.25) is 4.79 Å². The summed E-state index contributed by atoms with van der Waals surface area (Å²) < 4.78 is 0. The molecule has 0 radical (unpaired) electrons. The van der Waals surface area contributed by atoms with Crippen LogP contribution in [-0.2, 0) is 0 Å². The lowest BCUT2D eigenvalue weighted by atomic mass is 10.2. The van der Waals surface area contributed by atoms with Gasteiger partial charge in [-0.2, -0.15) is 0 Å². The van der Waals surface area contributed by atoms with Crippen molar-refractivity contribution in [3.63, 3.8) is 0 Å². The van der Waals surface area contributed by atoms with E-state index in [2.05, 4.69) is 5.32 Å². The predicted molar refractivity (Wildman–Crippen MR) is 68.4 cm³/mol. The summed E-state index contributed by atoms with van der Waals surface area (Å²) in [5.41, 5.74) is 0.656. The highest BCUT2D eigenvalue weighted by Gasteiger charge is 2.08. The van der Waals surface area contributed by atoms with E-state index in [9.17, 15) is 4.79 Å². The van der Waals surface area contributed by atoms with Gasteiger partial charge in [-0.15, -0.1) is 23.2 Å². The van der Waals surface area contributed by atoms with Gasteiger partial charge in [-0.25, -0.2) is 0 Å². The molecule has 2 nitrogen and oxygen atoms in total. The summed E-state index contributed by atoms with van der Waals surface area (Å²) in [5, 5.41) is 2.74. The van der Waals surface area contributed by atoms with Crippen molar-refractivity contribution < 1.29 is 4.79 Å². The molecule has 0 aliphatic heterocycles. The minimum Gasteiger partial charge on any atom is -0.351 e. The molecular formula is C12H15Cl2NO. The zero-order chi connectivity index (χ0) is 11.8. The molecule has 4 heteroatoms. The van der Waals surface area contributed by atoms with Crippen LogP contribution in [0.2, 0.25) is 0 Å². The first-order chi connectivity index (χ1) is 7.74. The first-order valence-corrected chi connectivity index (χ1v) is 6.24. The van der Waals surface area contributed by atoms with Crippen LogP contribution in [0.1, 0.15) is 23.2 Å². The highest BCUT2D eigenvalue weighted by Crippen LogP contribution is 2.05. The fourth-order valence-corrected chi connectivity index (χ4v) is 1.68. The Hall–Kier alpha value is -0.730. The van der Waals surface area contributed by atoms with Crippen LogP contribution in [0.4, 0.5) is 0 Å². The number of hydrogen-bond donors (Lipinski definition) is 1. The van der Waals surface area contributed by atoms with Crippen LogP contribution in [-0.4, -0.2) is 23.7 Å². The lowest BCUT2D eigenvalue weighted by Gasteiger charge is -2.09. The van der Waals surface area contributed by atoms with Crippen molar-refractivity contribution in [3.8, 4) is 0 Å². The van der Waals surface area contributed by atoms with Crippen LogP contribution in [0, 0.1) is 0 Å². The average molecular weight is 260 g/mol. The van der Waals surface area contributed by atoms with E-state index in [1.807, 2.05) is 18.2 Å². The van der Waals surface area contributed by atoms with E-state index in [-0.39, 0.29) is 11.3 Å². The van der Waals surface area contributed by atoms with E-state index < -0.39 is 0 Å². The standard InChI is InChI=1S/C12H15Cl2NO/c13-8-4-7-11(14)9-15-12(16)10-5-2-1-3-6-10/h1-3,5-6,11H,4,7-9H2,(H,15,16)/t11-/m1/s1. The Kier molecular flexibility index (Phi) is 6.27. The van der Waals surface area contributed by atoms with Gasteiger partial charge in [0.05, 0.1) is 5.38 Å². The van der Waals surface area contributed by atoms with Crippen molar-refractivity contribution in [2.24, 2.45) is 0 Å². The van der Waals surface area contributed by atoms with Crippen LogP contribution in [0.3, 0.4) is 0 Å². The number of benzene rings is 1. The number of halogens is 2. The van der Waals surface area contributed by atoms with Crippen molar-refractivity contribution in [2.75, 3.05) is 12.4 Å². The fourth-order valence-electron chi connectivity index (χ4n) is 1.30. The summed E-state index contributed by atoms with van der Waals surface area (Å²) >= 11 is 11.6. The zero-order valence-corrected chi connectivity index (χ0v) is 10.5. The molecule has 1 aromatic carbocycles. The van der Waals surface area contributed by atoms with Crippen molar-refractivity contribution in [3.05, 3.63) is 35.9 Å². The summed E-state index contributed by atoms with van der Waals surface area (Å²) in [6.45, 7) is 0.478. The maximum atomic E-state index is 11.6. The normalized spacial score (nSPS) is 12.1. The second-order valence-electron chi connectivity index (χ2n) is 3.50. The molecular weight excluding hydrogens is 245 g/mol. The van der Waals surface area contributed by atoms with Crippen LogP contribution in [0.15, 0.2) is 30.3 Å². The summed E-state index contributed by atoms with van der Waals surface area (Å²) in [7, 11) is 0. The Morgan fingerprint density at radius 2 is 2.00 bits per heavy atom. The van der Waals surface area contributed by atoms with Gasteiger partial charge >= 0.3 is 0 Å². The molecule has 0 fully saturated rings. The Morgan fingerprint density at radius 3 is 2.62 bits per heavy atom. The minimum absolute atomic E-state index is 0.0496. The minimum atomic E-state index is -0.0860. The molecule has 1 amide bonds. The Morgan fingerprint density at radius 1 is 1.31 bits per heavy atom. The zero-order valence-electron chi connectivity index (χ0n) is 8.96. The average Bonchev–Trinajstić information content (AvgIpc) is 2.34. The second kappa shape index (κ2) is 7.53. The topological polar surface area (TPSA) is 29.1 Å². The third-order valence-corrected chi connectivity index (χ3v) is 2.81. The molecule has 0 aliphatic rings. The van der Waals surface area contributed by atoms with Gasteiger partial charge in [0.2, 0.25) is 0 Å². The molecule has 0 heterocycles. The Bertz CT molecular complexity index is 316. The Balaban J connectivity index is 2.30. The van der Waals surface area contributed by atoms with Crippen LogP contribution in [0.5, 0.6) is 0 Å². The predicted octanol–water partition coefficient (Wildman–Crippen LogP) is 3.04. The molecule has 1 N–H and O–H groups in total. The molecule has 88 valence electrons. The van der Waals surface area contributed by atoms with Gasteiger partial charge in [0.1, 0.15) is 0 Å². The van der Waals surface area contributed by atoms with E-state index in [1.165, 1.54) is 0 Å². The summed E-state index contributed by atoms with van der Waals surface area (Å²) in [6.07, 6.45) is 1.69. The van der Waals surface area contributed by atoms with Gasteiger partial charge in [-0.1, -0.05) is 18.2 Å². The second-order valence-corrected chi connectivity index (χ2v) is 4.50. The molecule has 16 heavy (non-hydrogen) atoms. The van der Waals surface area contributed by atoms with Crippen molar-refractivity contribution in [1.82, 2.24) is 5.32 Å². The van der Waals surface area contributed by atoms with Crippen LogP contribution in [0.25, 0.3) is 0 Å². The van der Waals surface area contributed by atoms with Gasteiger partial charge in [0.15, 0.2) is 0 Å². The van der Waals surface area contributed by atoms with Crippen molar-refractivity contribution in [2.45, 2.75) is 18.2 Å². The number of amides is 1. The van der Waals surface area contributed by atoms with E-state index >= 15 is 0 Å². The van der Waals surface area contributed by atoms with E-state index in [0.29, 0.717) is 18.0 Å². The third kappa shape index (κ3) is 4.86. The number of rotatable bonds is 6. The van der Waals surface area contributed by atoms with Crippen molar-refractivity contribution >= 4 is 29.1 Å². The molecule has 0 saturated carbocycles. The summed E-state index contributed by atoms with van der Waals surface area (Å²) in [4.78, 5) is 11.6. The Labute approximate surface area is 106 Å². The number of alkyl halides is 2. The molecule has 0 bridgehead atoms. The number of hydrogen-bond acceptors (Lipinski definition) is 1. The highest BCUT2D eigenvalue weighted by molar-refractivity contribution is 6.21. The maximum Gasteiger partial charge on any atom is 0.251 e. The lowest BCUT2D eigenvalue weighted by Crippen LogP contribution is -2.29. The molecule has 0 unspecified atom stereocenters. The highest BCUT2D eigenvalue weighted by atomic mass is 35.5. The summed E-state index contributed by atoms with van der Waals surface area (Å²) in [6, 6.07) is 9.09. The smallest absolute Gasteiger partial charge is 0.251 e. The lowest BCUT2D eigenvalue weighted by molar-refractivity contribution is 0.0953. The van der Waals surface area contributed by atoms with Gasteiger partial charge in [0.25, 0.3) is 5.91 Å². The quantitative estimate of drug-likeness (QED) is 0.782. The summed E-state index contributed by atoms with van der Waals surface area (Å²) in [5.74, 6) is 0.521. The molecule has 1 rings (SSSR count). The number of nitrogens with one attached hydrogen (secondary N) is 1. The van der Waals surface area contributed by atoms with Gasteiger partial charge in [-0.05, 0) is 25.0 Å². The first-order valence-electron chi connectivity index (χ1n) is 5.27. The van der Waals surface area contributed by atoms with E-state index in [0.717, 1.165) is 12.8 Å². The van der Waals surface area contributed by atoms with E-state index in [4.69, 9.17) is 23.2 Å². The van der Waals surface area contributed by atoms with Crippen LogP contribution < -0.4 is 5.32 Å². The fraction of sp³-hybridized carbons (Fsp3) is 0.417. The number of carbonyl (C=O) groups excluding carboxylic acids is 1. The van der Waals surface area contributed by atoms with Crippen molar-refractivity contribution in [1.29, 1.82) is 0 Å². The molecule has 0 spiro atoms. The van der Waals surface area contributed by atoms with Gasteiger partial charge in [0, 0.05) is 18.0 Å². The molecule has 0 aromatic heterocycles. The van der Waals surface area contributed by atoms with Gasteiger partial charge < -0.3 is 5.32 Å². The van der Waals surface area contributed by atoms with E-state index in [1.54, 1.807) is 12.1 Å². The SMILES string of the molecule is O=C(NC[C@H](Cl)CCCCl)c1ccccc1. The molecule has 0 aliphatic carbocycles. The molecule has 1 atom stereocenters. The molecule has 1 aromatic rings. The monoisotopic (exact) mass is 259 g/mol. The largest absolute Gasteiger partial charge is 0.351 e. The maximum absolute atomic E-state index is 11.6. The van der Waals surface area contributed by atoms with Crippen LogP contribution >= 0.6 is 23.2 Å². The molecule has 0 saturated heterocycles. The third-order valence-electron chi connectivity index (χ3n) is 2.17.